The molecule has 0 spiro atoms. The largest absolute Gasteiger partial charge is 0.303 e. The highest BCUT2D eigenvalue weighted by atomic mass is 15.7. The smallest absolute Gasteiger partial charge is 0.161 e. The molecule has 5 heteroatoms. The van der Waals surface area contributed by atoms with Gasteiger partial charge in [-0.05, 0) is 10.4 Å². The fraction of sp³-hybridized carbons (Fsp3) is 0.250. The summed E-state index contributed by atoms with van der Waals surface area (Å²) in [5.74, 6) is 0. The summed E-state index contributed by atoms with van der Waals surface area (Å²) in [7, 11) is 0. The van der Waals surface area contributed by atoms with Gasteiger partial charge in [0.25, 0.3) is 0 Å². The van der Waals surface area contributed by atoms with Crippen LogP contribution in [0.5, 0.6) is 0 Å². The lowest BCUT2D eigenvalue weighted by atomic mass is 10.7. The van der Waals surface area contributed by atoms with E-state index in [0.29, 0.717) is 6.54 Å². The molecule has 0 aliphatic rings. The van der Waals surface area contributed by atoms with E-state index in [2.05, 4.69) is 27.5 Å². The Morgan fingerprint density at radius 1 is 1.78 bits per heavy atom. The summed E-state index contributed by atoms with van der Waals surface area (Å²) in [4.78, 5) is 1.42. The molecule has 0 radical (unpaired) electrons. The molecule has 1 aromatic heterocycles. The predicted molar refractivity (Wildman–Crippen MR) is 32.2 cm³/mol. The number of nitrogens with one attached hydrogen (secondary N) is 1. The first-order chi connectivity index (χ1) is 4.43. The fourth-order valence-corrected chi connectivity index (χ4v) is 0.392. The van der Waals surface area contributed by atoms with Gasteiger partial charge in [0.05, 0.1) is 6.54 Å². The maximum absolute atomic E-state index is 3.55. The van der Waals surface area contributed by atoms with Crippen LogP contribution < -0.4 is 5.43 Å². The molecular weight excluding hydrogens is 118 g/mol. The van der Waals surface area contributed by atoms with Crippen molar-refractivity contribution in [3.05, 3.63) is 19.0 Å². The lowest BCUT2D eigenvalue weighted by molar-refractivity contribution is 0.709. The zero-order valence-corrected chi connectivity index (χ0v) is 4.86. The van der Waals surface area contributed by atoms with Crippen LogP contribution >= 0.6 is 0 Å². The van der Waals surface area contributed by atoms with Crippen molar-refractivity contribution in [3.8, 4) is 0 Å². The van der Waals surface area contributed by atoms with Gasteiger partial charge in [0.1, 0.15) is 0 Å². The average molecular weight is 125 g/mol. The Balaban J connectivity index is 2.38. The Kier molecular flexibility index (Phi) is 1.79. The first kappa shape index (κ1) is 5.74. The molecule has 5 nitrogen and oxygen atoms in total. The van der Waals surface area contributed by atoms with Gasteiger partial charge in [-0.2, -0.15) is 0 Å². The third-order valence-electron chi connectivity index (χ3n) is 0.747. The van der Waals surface area contributed by atoms with E-state index >= 15 is 0 Å². The van der Waals surface area contributed by atoms with Crippen molar-refractivity contribution < 1.29 is 0 Å². The molecule has 1 heterocycles. The predicted octanol–water partition coefficient (Wildman–Crippen LogP) is -0.597. The highest BCUT2D eigenvalue weighted by Crippen LogP contribution is 1.67. The van der Waals surface area contributed by atoms with E-state index in [1.807, 2.05) is 0 Å². The van der Waals surface area contributed by atoms with Crippen LogP contribution in [0.25, 0.3) is 0 Å². The summed E-state index contributed by atoms with van der Waals surface area (Å²) in [5.41, 5.74) is 2.84. The van der Waals surface area contributed by atoms with Gasteiger partial charge in [0.15, 0.2) is 6.33 Å². The Labute approximate surface area is 52.3 Å². The van der Waals surface area contributed by atoms with Crippen LogP contribution in [0.3, 0.4) is 0 Å². The number of hydrogen-bond donors (Lipinski definition) is 1. The minimum absolute atomic E-state index is 0.658. The standard InChI is InChI=1S/C4H7N5/c1-2-3-6-9-4-5-7-8-9/h2,4,6H,1,3H2. The summed E-state index contributed by atoms with van der Waals surface area (Å²) < 4.78 is 0. The summed E-state index contributed by atoms with van der Waals surface area (Å²) in [6, 6.07) is 0. The van der Waals surface area contributed by atoms with Crippen molar-refractivity contribution in [3.63, 3.8) is 0 Å². The number of nitrogens with zero attached hydrogens (tertiary/aromatic N) is 4. The van der Waals surface area contributed by atoms with E-state index in [9.17, 15) is 0 Å². The topological polar surface area (TPSA) is 55.6 Å². The molecule has 0 amide bonds. The molecule has 1 aromatic rings. The average Bonchev–Trinajstić information content (AvgIpc) is 2.34. The summed E-state index contributed by atoms with van der Waals surface area (Å²) in [6.07, 6.45) is 3.20. The zero-order valence-electron chi connectivity index (χ0n) is 4.86. The van der Waals surface area contributed by atoms with Crippen LogP contribution in [0.1, 0.15) is 0 Å². The second kappa shape index (κ2) is 2.81. The number of aromatic nitrogens is 4. The second-order valence-electron chi connectivity index (χ2n) is 1.41. The molecule has 0 aromatic carbocycles. The molecule has 9 heavy (non-hydrogen) atoms. The van der Waals surface area contributed by atoms with Crippen molar-refractivity contribution in [2.45, 2.75) is 0 Å². The second-order valence-corrected chi connectivity index (χ2v) is 1.41. The molecule has 0 atom stereocenters. The first-order valence-electron chi connectivity index (χ1n) is 2.51. The van der Waals surface area contributed by atoms with E-state index in [0.717, 1.165) is 0 Å². The number of hydrogen-bond acceptors (Lipinski definition) is 4. The van der Waals surface area contributed by atoms with Gasteiger partial charge in [-0.15, -0.1) is 16.5 Å². The summed E-state index contributed by atoms with van der Waals surface area (Å²) in [6.45, 7) is 4.17. The SMILES string of the molecule is C=CCNn1cnnn1. The lowest BCUT2D eigenvalue weighted by Gasteiger charge is -1.96. The molecule has 0 fully saturated rings. The summed E-state index contributed by atoms with van der Waals surface area (Å²) >= 11 is 0. The summed E-state index contributed by atoms with van der Waals surface area (Å²) in [5, 5.41) is 10.4. The highest BCUT2D eigenvalue weighted by Gasteiger charge is 1.83. The maximum Gasteiger partial charge on any atom is 0.161 e. The molecule has 0 bridgehead atoms. The Morgan fingerprint density at radius 2 is 2.67 bits per heavy atom. The third kappa shape index (κ3) is 1.52. The van der Waals surface area contributed by atoms with E-state index in [-0.39, 0.29) is 0 Å². The molecule has 0 saturated carbocycles. The minimum atomic E-state index is 0.658. The minimum Gasteiger partial charge on any atom is -0.303 e. The Hall–Kier alpha value is -1.39. The molecule has 48 valence electrons. The Morgan fingerprint density at radius 3 is 3.22 bits per heavy atom. The van der Waals surface area contributed by atoms with Gasteiger partial charge in [-0.25, -0.2) is 0 Å². The van der Waals surface area contributed by atoms with Crippen molar-refractivity contribution >= 4 is 0 Å². The van der Waals surface area contributed by atoms with Crippen LogP contribution in [-0.2, 0) is 0 Å². The first-order valence-corrected chi connectivity index (χ1v) is 2.51. The lowest BCUT2D eigenvalue weighted by Crippen LogP contribution is -2.14. The highest BCUT2D eigenvalue weighted by molar-refractivity contribution is 4.78. The molecule has 0 unspecified atom stereocenters. The van der Waals surface area contributed by atoms with Crippen molar-refractivity contribution in [2.75, 3.05) is 12.0 Å². The van der Waals surface area contributed by atoms with Crippen molar-refractivity contribution in [2.24, 2.45) is 0 Å². The van der Waals surface area contributed by atoms with E-state index in [1.165, 1.54) is 11.1 Å². The van der Waals surface area contributed by atoms with Gasteiger partial charge in [-0.3, -0.25) is 0 Å². The molecule has 0 aliphatic carbocycles. The van der Waals surface area contributed by atoms with Crippen LogP contribution in [0, 0.1) is 0 Å². The monoisotopic (exact) mass is 125 g/mol. The molecular formula is C4H7N5. The van der Waals surface area contributed by atoms with Gasteiger partial charge < -0.3 is 5.43 Å². The molecule has 0 aliphatic heterocycles. The van der Waals surface area contributed by atoms with Crippen LogP contribution in [0.4, 0.5) is 0 Å². The van der Waals surface area contributed by atoms with E-state index in [4.69, 9.17) is 0 Å². The van der Waals surface area contributed by atoms with Gasteiger partial charge in [0, 0.05) is 0 Å². The molecule has 1 rings (SSSR count). The molecule has 0 saturated heterocycles. The number of rotatable bonds is 3. The third-order valence-corrected chi connectivity index (χ3v) is 0.747. The van der Waals surface area contributed by atoms with E-state index < -0.39 is 0 Å². The van der Waals surface area contributed by atoms with Gasteiger partial charge in [0.2, 0.25) is 0 Å². The van der Waals surface area contributed by atoms with Crippen LogP contribution in [0.2, 0.25) is 0 Å². The fourth-order valence-electron chi connectivity index (χ4n) is 0.392. The Bertz CT molecular complexity index is 167. The van der Waals surface area contributed by atoms with Crippen molar-refractivity contribution in [1.82, 2.24) is 20.3 Å². The van der Waals surface area contributed by atoms with Crippen molar-refractivity contribution in [1.29, 1.82) is 0 Å². The number of tetrazole rings is 1. The molecule has 1 N–H and O–H groups in total. The van der Waals surface area contributed by atoms with Gasteiger partial charge in [-0.1, -0.05) is 6.08 Å². The van der Waals surface area contributed by atoms with Crippen LogP contribution in [0.15, 0.2) is 19.0 Å². The maximum atomic E-state index is 3.55. The zero-order chi connectivity index (χ0) is 6.53. The van der Waals surface area contributed by atoms with Gasteiger partial charge >= 0.3 is 0 Å². The van der Waals surface area contributed by atoms with Crippen LogP contribution in [-0.4, -0.2) is 26.9 Å². The normalized spacial score (nSPS) is 8.89. The quantitative estimate of drug-likeness (QED) is 0.548. The van der Waals surface area contributed by atoms with E-state index in [1.54, 1.807) is 6.08 Å².